The number of hydrogen-bond donors (Lipinski definition) is 2. The third-order valence-electron chi connectivity index (χ3n) is 5.09. The zero-order chi connectivity index (χ0) is 17.1. The lowest BCUT2D eigenvalue weighted by molar-refractivity contribution is 0.499. The normalized spacial score (nSPS) is 23.8. The summed E-state index contributed by atoms with van der Waals surface area (Å²) in [6, 6.07) is 0. The molecule has 6 nitrogen and oxygen atoms in total. The monoisotopic (exact) mass is 374 g/mol. The van der Waals surface area contributed by atoms with Crippen LogP contribution in [0.2, 0.25) is 0 Å². The Balaban J connectivity index is 1.67. The predicted molar refractivity (Wildman–Crippen MR) is 102 cm³/mol. The van der Waals surface area contributed by atoms with E-state index >= 15 is 0 Å². The molecular weight excluding hydrogens is 352 g/mol. The number of hydrogen-bond acceptors (Lipinski definition) is 7. The number of aromatic nitrogens is 3. The van der Waals surface area contributed by atoms with E-state index < -0.39 is 0 Å². The minimum atomic E-state index is 0.166. The minimum absolute atomic E-state index is 0.166. The molecule has 0 aromatic carbocycles. The second-order valence-corrected chi connectivity index (χ2v) is 9.27. The molecule has 0 radical (unpaired) electrons. The number of hydrazine groups is 1. The molecule has 2 N–H and O–H groups in total. The zero-order valence-corrected chi connectivity index (χ0v) is 16.1. The highest BCUT2D eigenvalue weighted by Gasteiger charge is 2.42. The van der Waals surface area contributed by atoms with Crippen molar-refractivity contribution in [2.75, 3.05) is 17.4 Å². The van der Waals surface area contributed by atoms with Crippen LogP contribution < -0.4 is 15.8 Å². The molecule has 1 aliphatic carbocycles. The fourth-order valence-corrected chi connectivity index (χ4v) is 6.29. The molecule has 0 saturated carbocycles. The Labute approximate surface area is 155 Å². The van der Waals surface area contributed by atoms with Crippen molar-refractivity contribution >= 4 is 29.0 Å². The Hall–Kier alpha value is -1.35. The third-order valence-corrected chi connectivity index (χ3v) is 7.51. The number of nitrogens with zero attached hydrogens (tertiary/aromatic N) is 4. The van der Waals surface area contributed by atoms with Gasteiger partial charge in [0.1, 0.15) is 11.2 Å². The number of nitrogens with one attached hydrogen (secondary N) is 2. The van der Waals surface area contributed by atoms with E-state index in [0.717, 1.165) is 35.0 Å². The molecule has 3 aliphatic rings. The second kappa shape index (κ2) is 5.84. The van der Waals surface area contributed by atoms with Crippen LogP contribution in [0.1, 0.15) is 42.4 Å². The summed E-state index contributed by atoms with van der Waals surface area (Å²) in [6.07, 6.45) is 3.82. The van der Waals surface area contributed by atoms with E-state index in [-0.39, 0.29) is 6.17 Å². The van der Waals surface area contributed by atoms with Crippen LogP contribution in [0.15, 0.2) is 17.3 Å². The first-order chi connectivity index (χ1) is 12.1. The van der Waals surface area contributed by atoms with Gasteiger partial charge in [-0.1, -0.05) is 30.8 Å². The molecule has 25 heavy (non-hydrogen) atoms. The molecule has 1 fully saturated rings. The molecule has 2 atom stereocenters. The summed E-state index contributed by atoms with van der Waals surface area (Å²) in [5.74, 6) is 2.53. The first kappa shape index (κ1) is 15.9. The fraction of sp³-hybridized carbons (Fsp3) is 0.529. The summed E-state index contributed by atoms with van der Waals surface area (Å²) >= 11 is 3.65. The average Bonchev–Trinajstić information content (AvgIpc) is 3.27. The van der Waals surface area contributed by atoms with Crippen LogP contribution in [0.25, 0.3) is 5.00 Å². The van der Waals surface area contributed by atoms with E-state index in [4.69, 9.17) is 0 Å². The van der Waals surface area contributed by atoms with Crippen molar-refractivity contribution in [3.05, 3.63) is 28.2 Å². The summed E-state index contributed by atoms with van der Waals surface area (Å²) in [4.78, 5) is 1.55. The highest BCUT2D eigenvalue weighted by molar-refractivity contribution is 7.99. The van der Waals surface area contributed by atoms with Gasteiger partial charge in [0.05, 0.1) is 6.67 Å². The lowest BCUT2D eigenvalue weighted by atomic mass is 9.87. The Morgan fingerprint density at radius 3 is 3.16 bits per heavy atom. The molecule has 5 rings (SSSR count). The Kier molecular flexibility index (Phi) is 3.70. The quantitative estimate of drug-likeness (QED) is 0.636. The van der Waals surface area contributed by atoms with Crippen molar-refractivity contribution in [3.8, 4) is 5.00 Å². The molecule has 2 aromatic rings. The van der Waals surface area contributed by atoms with Gasteiger partial charge in [0.25, 0.3) is 0 Å². The maximum Gasteiger partial charge on any atom is 0.249 e. The van der Waals surface area contributed by atoms with Crippen LogP contribution in [-0.2, 0) is 12.8 Å². The predicted octanol–water partition coefficient (Wildman–Crippen LogP) is 3.01. The summed E-state index contributed by atoms with van der Waals surface area (Å²) in [7, 11) is 0. The molecule has 2 aromatic heterocycles. The molecule has 0 bridgehead atoms. The van der Waals surface area contributed by atoms with E-state index in [1.807, 2.05) is 11.3 Å². The van der Waals surface area contributed by atoms with Gasteiger partial charge in [-0.15, -0.1) is 21.5 Å². The van der Waals surface area contributed by atoms with E-state index in [2.05, 4.69) is 50.9 Å². The topological polar surface area (TPSA) is 58.0 Å². The number of anilines is 1. The summed E-state index contributed by atoms with van der Waals surface area (Å²) < 4.78 is 2.24. The number of rotatable bonds is 3. The van der Waals surface area contributed by atoms with Gasteiger partial charge >= 0.3 is 0 Å². The van der Waals surface area contributed by atoms with Crippen LogP contribution in [0.5, 0.6) is 0 Å². The van der Waals surface area contributed by atoms with Crippen LogP contribution in [0.3, 0.4) is 0 Å². The van der Waals surface area contributed by atoms with Gasteiger partial charge in [-0.3, -0.25) is 10.3 Å². The van der Waals surface area contributed by atoms with E-state index in [1.54, 1.807) is 22.2 Å². The Morgan fingerprint density at radius 2 is 2.32 bits per heavy atom. The smallest absolute Gasteiger partial charge is 0.249 e. The Morgan fingerprint density at radius 1 is 1.44 bits per heavy atom. The summed E-state index contributed by atoms with van der Waals surface area (Å²) in [5.41, 5.74) is 7.55. The highest BCUT2D eigenvalue weighted by Crippen LogP contribution is 2.48. The van der Waals surface area contributed by atoms with Crippen molar-refractivity contribution in [1.82, 2.24) is 25.5 Å². The molecule has 4 heterocycles. The number of fused-ring (bicyclic) bond motifs is 8. The van der Waals surface area contributed by atoms with Gasteiger partial charge in [-0.2, -0.15) is 0 Å². The zero-order valence-electron chi connectivity index (χ0n) is 14.5. The van der Waals surface area contributed by atoms with E-state index in [1.165, 1.54) is 29.8 Å². The van der Waals surface area contributed by atoms with Crippen LogP contribution >= 0.6 is 23.1 Å². The van der Waals surface area contributed by atoms with Crippen molar-refractivity contribution < 1.29 is 0 Å². The number of thiophene rings is 1. The molecule has 1 saturated heterocycles. The maximum atomic E-state index is 4.49. The van der Waals surface area contributed by atoms with Crippen LogP contribution in [0.4, 0.5) is 5.95 Å². The van der Waals surface area contributed by atoms with E-state index in [0.29, 0.717) is 0 Å². The standard InChI is InChI=1S/C17H22N6S2/c1-9(2)7-24-17-21-20-16-22(17)15-13(14-18-8-19-23(14)16)11-5-4-10(3)6-12(11)25-15/h10,14,18-19H,1,4-8H2,2-3H3/t10-,14?/m1/s1. The lowest BCUT2D eigenvalue weighted by Crippen LogP contribution is -2.39. The summed E-state index contributed by atoms with van der Waals surface area (Å²) in [5, 5.41) is 17.0. The SMILES string of the molecule is C=C(C)CSc1nnc2n1-c1sc3c(c1C1NCNN21)CC[C@@H](C)C3. The highest BCUT2D eigenvalue weighted by atomic mass is 32.2. The first-order valence-corrected chi connectivity index (χ1v) is 10.6. The Bertz CT molecular complexity index is 854. The van der Waals surface area contributed by atoms with Gasteiger partial charge < -0.3 is 0 Å². The molecule has 0 amide bonds. The van der Waals surface area contributed by atoms with Crippen molar-refractivity contribution in [3.63, 3.8) is 0 Å². The largest absolute Gasteiger partial charge is 0.278 e. The molecular formula is C17H22N6S2. The second-order valence-electron chi connectivity index (χ2n) is 7.25. The van der Waals surface area contributed by atoms with Gasteiger partial charge in [0.15, 0.2) is 5.16 Å². The molecule has 132 valence electrons. The van der Waals surface area contributed by atoms with Gasteiger partial charge in [-0.25, -0.2) is 9.99 Å². The third kappa shape index (κ3) is 2.38. The lowest BCUT2D eigenvalue weighted by Gasteiger charge is -2.31. The summed E-state index contributed by atoms with van der Waals surface area (Å²) in [6.45, 7) is 9.19. The van der Waals surface area contributed by atoms with E-state index in [9.17, 15) is 0 Å². The fourth-order valence-electron chi connectivity index (χ4n) is 3.91. The molecule has 1 unspecified atom stereocenters. The van der Waals surface area contributed by atoms with Gasteiger partial charge in [0, 0.05) is 16.2 Å². The maximum absolute atomic E-state index is 4.49. The van der Waals surface area contributed by atoms with Gasteiger partial charge in [-0.05, 0) is 37.7 Å². The number of thioether (sulfide) groups is 1. The van der Waals surface area contributed by atoms with Crippen molar-refractivity contribution in [2.24, 2.45) is 5.92 Å². The minimum Gasteiger partial charge on any atom is -0.278 e. The van der Waals surface area contributed by atoms with Gasteiger partial charge in [0.2, 0.25) is 5.95 Å². The molecule has 2 aliphatic heterocycles. The van der Waals surface area contributed by atoms with Crippen molar-refractivity contribution in [1.29, 1.82) is 0 Å². The molecule has 8 heteroatoms. The van der Waals surface area contributed by atoms with Crippen LogP contribution in [0, 0.1) is 5.92 Å². The molecule has 0 spiro atoms. The van der Waals surface area contributed by atoms with Crippen molar-refractivity contribution in [2.45, 2.75) is 44.4 Å². The van der Waals surface area contributed by atoms with Crippen LogP contribution in [-0.4, -0.2) is 27.2 Å². The average molecular weight is 375 g/mol. The first-order valence-electron chi connectivity index (χ1n) is 8.77.